The Labute approximate surface area is 129 Å². The zero-order chi connectivity index (χ0) is 15.3. The number of hydrogen-bond donors (Lipinski definition) is 1. The third kappa shape index (κ3) is 1.93. The standard InChI is InChI=1S/C13H11N5O3S/c19-11-4-14-13(21)18(11)8-5-17(6-8)12(20)7-1-2-9-10(3-7)16-22-15-9/h1-3,8H,4-6H2,(H,14,21). The van der Waals surface area contributed by atoms with Gasteiger partial charge < -0.3 is 10.2 Å². The van der Waals surface area contributed by atoms with Crippen molar-refractivity contribution in [2.24, 2.45) is 0 Å². The van der Waals surface area contributed by atoms with Crippen LogP contribution in [0.15, 0.2) is 18.2 Å². The summed E-state index contributed by atoms with van der Waals surface area (Å²) in [6, 6.07) is 4.58. The van der Waals surface area contributed by atoms with Gasteiger partial charge in [0.25, 0.3) is 5.91 Å². The normalized spacial score (nSPS) is 18.7. The molecule has 112 valence electrons. The molecule has 2 fully saturated rings. The van der Waals surface area contributed by atoms with E-state index in [-0.39, 0.29) is 30.4 Å². The molecule has 0 radical (unpaired) electrons. The quantitative estimate of drug-likeness (QED) is 0.791. The van der Waals surface area contributed by atoms with Gasteiger partial charge in [-0.3, -0.25) is 14.5 Å². The number of aromatic nitrogens is 2. The van der Waals surface area contributed by atoms with Crippen LogP contribution in [-0.4, -0.2) is 62.1 Å². The molecule has 4 rings (SSSR count). The number of rotatable bonds is 2. The molecule has 0 bridgehead atoms. The zero-order valence-electron chi connectivity index (χ0n) is 11.4. The number of carbonyl (C=O) groups excluding carboxylic acids is 3. The van der Waals surface area contributed by atoms with Gasteiger partial charge >= 0.3 is 6.03 Å². The SMILES string of the molecule is O=C(c1ccc2nsnc2c1)N1CC(N2C(=O)CNC2=O)C1. The summed E-state index contributed by atoms with van der Waals surface area (Å²) in [5.74, 6) is -0.365. The van der Waals surface area contributed by atoms with E-state index >= 15 is 0 Å². The van der Waals surface area contributed by atoms with E-state index in [0.29, 0.717) is 24.2 Å². The fourth-order valence-electron chi connectivity index (χ4n) is 2.69. The van der Waals surface area contributed by atoms with Crippen molar-refractivity contribution in [3.05, 3.63) is 23.8 Å². The van der Waals surface area contributed by atoms with Crippen molar-refractivity contribution < 1.29 is 14.4 Å². The molecule has 3 heterocycles. The first-order valence-electron chi connectivity index (χ1n) is 6.75. The Hall–Kier alpha value is -2.55. The molecular formula is C13H11N5O3S. The largest absolute Gasteiger partial charge is 0.334 e. The fraction of sp³-hybridized carbons (Fsp3) is 0.308. The molecule has 2 saturated heterocycles. The Bertz CT molecular complexity index is 782. The van der Waals surface area contributed by atoms with E-state index in [1.165, 1.54) is 4.90 Å². The van der Waals surface area contributed by atoms with E-state index in [9.17, 15) is 14.4 Å². The van der Waals surface area contributed by atoms with Gasteiger partial charge in [0.2, 0.25) is 5.91 Å². The van der Waals surface area contributed by atoms with Crippen molar-refractivity contribution in [3.8, 4) is 0 Å². The van der Waals surface area contributed by atoms with Crippen LogP contribution in [0.1, 0.15) is 10.4 Å². The van der Waals surface area contributed by atoms with Gasteiger partial charge in [-0.15, -0.1) is 0 Å². The van der Waals surface area contributed by atoms with Crippen LogP contribution in [0.2, 0.25) is 0 Å². The molecule has 1 aromatic carbocycles. The molecule has 0 spiro atoms. The van der Waals surface area contributed by atoms with E-state index in [4.69, 9.17) is 0 Å². The van der Waals surface area contributed by atoms with Crippen LogP contribution >= 0.6 is 11.7 Å². The van der Waals surface area contributed by atoms with Gasteiger partial charge in [0.1, 0.15) is 11.0 Å². The molecule has 8 nitrogen and oxygen atoms in total. The average molecular weight is 317 g/mol. The Morgan fingerprint density at radius 3 is 2.73 bits per heavy atom. The lowest BCUT2D eigenvalue weighted by Gasteiger charge is -2.42. The van der Waals surface area contributed by atoms with Crippen molar-refractivity contribution in [3.63, 3.8) is 0 Å². The van der Waals surface area contributed by atoms with Crippen LogP contribution in [0, 0.1) is 0 Å². The molecule has 2 aliphatic rings. The number of likely N-dealkylation sites (tertiary alicyclic amines) is 1. The summed E-state index contributed by atoms with van der Waals surface area (Å²) in [7, 11) is 0. The predicted molar refractivity (Wildman–Crippen MR) is 77.4 cm³/mol. The zero-order valence-corrected chi connectivity index (χ0v) is 12.2. The van der Waals surface area contributed by atoms with Crippen LogP contribution in [-0.2, 0) is 4.79 Å². The topological polar surface area (TPSA) is 95.5 Å². The van der Waals surface area contributed by atoms with E-state index in [1.807, 2.05) is 0 Å². The van der Waals surface area contributed by atoms with Crippen molar-refractivity contribution >= 4 is 40.6 Å². The maximum atomic E-state index is 12.4. The van der Waals surface area contributed by atoms with Crippen LogP contribution in [0.25, 0.3) is 11.0 Å². The summed E-state index contributed by atoms with van der Waals surface area (Å²) in [5.41, 5.74) is 2.00. The number of fused-ring (bicyclic) bond motifs is 1. The second-order valence-corrected chi connectivity index (χ2v) is 5.78. The van der Waals surface area contributed by atoms with Crippen molar-refractivity contribution in [1.82, 2.24) is 23.9 Å². The predicted octanol–water partition coefficient (Wildman–Crippen LogP) is 0.0675. The lowest BCUT2D eigenvalue weighted by molar-refractivity contribution is -0.128. The number of benzene rings is 1. The van der Waals surface area contributed by atoms with Gasteiger partial charge in [-0.05, 0) is 18.2 Å². The summed E-state index contributed by atoms with van der Waals surface area (Å²) in [5, 5.41) is 2.48. The van der Waals surface area contributed by atoms with Gasteiger partial charge in [-0.1, -0.05) is 0 Å². The molecule has 2 aliphatic heterocycles. The molecule has 9 heteroatoms. The lowest BCUT2D eigenvalue weighted by atomic mass is 10.0. The smallest absolute Gasteiger partial charge is 0.324 e. The summed E-state index contributed by atoms with van der Waals surface area (Å²) >= 11 is 1.11. The summed E-state index contributed by atoms with van der Waals surface area (Å²) in [4.78, 5) is 38.4. The van der Waals surface area contributed by atoms with Crippen LogP contribution in [0.3, 0.4) is 0 Å². The number of hydrogen-bond acceptors (Lipinski definition) is 6. The molecule has 0 saturated carbocycles. The summed E-state index contributed by atoms with van der Waals surface area (Å²) < 4.78 is 8.21. The Balaban J connectivity index is 1.47. The minimum atomic E-state index is -0.378. The molecular weight excluding hydrogens is 306 g/mol. The number of nitrogens with zero attached hydrogens (tertiary/aromatic N) is 4. The molecule has 4 amide bonds. The second kappa shape index (κ2) is 4.73. The van der Waals surface area contributed by atoms with Gasteiger partial charge in [0, 0.05) is 18.7 Å². The summed E-state index contributed by atoms with van der Waals surface area (Å²) in [6.07, 6.45) is 0. The first-order chi connectivity index (χ1) is 10.6. The van der Waals surface area contributed by atoms with Crippen molar-refractivity contribution in [2.75, 3.05) is 19.6 Å². The molecule has 0 unspecified atom stereocenters. The van der Waals surface area contributed by atoms with E-state index in [2.05, 4.69) is 14.1 Å². The monoisotopic (exact) mass is 317 g/mol. The second-order valence-electron chi connectivity index (χ2n) is 5.25. The minimum Gasteiger partial charge on any atom is -0.334 e. The lowest BCUT2D eigenvalue weighted by Crippen LogP contribution is -2.62. The van der Waals surface area contributed by atoms with Gasteiger partial charge in [0.15, 0.2) is 0 Å². The number of nitrogens with one attached hydrogen (secondary N) is 1. The Kier molecular flexibility index (Phi) is 2.83. The fourth-order valence-corrected chi connectivity index (χ4v) is 3.20. The highest BCUT2D eigenvalue weighted by Gasteiger charge is 2.43. The van der Waals surface area contributed by atoms with E-state index in [0.717, 1.165) is 17.2 Å². The molecule has 0 aliphatic carbocycles. The van der Waals surface area contributed by atoms with Gasteiger partial charge in [-0.25, -0.2) is 4.79 Å². The first kappa shape index (κ1) is 13.1. The van der Waals surface area contributed by atoms with E-state index in [1.54, 1.807) is 23.1 Å². The highest BCUT2D eigenvalue weighted by Crippen LogP contribution is 2.21. The number of imide groups is 1. The third-order valence-electron chi connectivity index (χ3n) is 3.89. The van der Waals surface area contributed by atoms with Crippen molar-refractivity contribution in [1.29, 1.82) is 0 Å². The average Bonchev–Trinajstić information content (AvgIpc) is 3.05. The highest BCUT2D eigenvalue weighted by molar-refractivity contribution is 7.00. The Morgan fingerprint density at radius 2 is 2.00 bits per heavy atom. The molecule has 22 heavy (non-hydrogen) atoms. The molecule has 1 N–H and O–H groups in total. The number of urea groups is 1. The highest BCUT2D eigenvalue weighted by atomic mass is 32.1. The van der Waals surface area contributed by atoms with Crippen molar-refractivity contribution in [2.45, 2.75) is 6.04 Å². The van der Waals surface area contributed by atoms with E-state index < -0.39 is 0 Å². The third-order valence-corrected chi connectivity index (χ3v) is 4.45. The molecule has 1 aromatic heterocycles. The maximum absolute atomic E-state index is 12.4. The first-order valence-corrected chi connectivity index (χ1v) is 7.48. The van der Waals surface area contributed by atoms with Crippen LogP contribution < -0.4 is 5.32 Å². The van der Waals surface area contributed by atoms with Gasteiger partial charge in [-0.2, -0.15) is 8.75 Å². The number of amides is 4. The number of carbonyl (C=O) groups is 3. The minimum absolute atomic E-state index is 0.0385. The maximum Gasteiger partial charge on any atom is 0.324 e. The molecule has 0 atom stereocenters. The van der Waals surface area contributed by atoms with Crippen LogP contribution in [0.4, 0.5) is 4.79 Å². The molecule has 2 aromatic rings. The van der Waals surface area contributed by atoms with Gasteiger partial charge in [0.05, 0.1) is 24.3 Å². The Morgan fingerprint density at radius 1 is 1.23 bits per heavy atom. The van der Waals surface area contributed by atoms with Crippen LogP contribution in [0.5, 0.6) is 0 Å². The summed E-state index contributed by atoms with van der Waals surface area (Å²) in [6.45, 7) is 0.771.